The number of hydrogen-bond donors (Lipinski definition) is 0. The van der Waals surface area contributed by atoms with Crippen molar-refractivity contribution in [3.8, 4) is 0 Å². The maximum Gasteiger partial charge on any atom is 0.116 e. The van der Waals surface area contributed by atoms with Crippen molar-refractivity contribution >= 4 is 0 Å². The Balaban J connectivity index is 3.98. The minimum atomic E-state index is -0.458. The van der Waals surface area contributed by atoms with Gasteiger partial charge in [-0.05, 0) is 27.7 Å². The van der Waals surface area contributed by atoms with Gasteiger partial charge in [0.2, 0.25) is 0 Å². The van der Waals surface area contributed by atoms with E-state index in [1.807, 2.05) is 27.7 Å². The molecule has 0 fully saturated rings. The van der Waals surface area contributed by atoms with Gasteiger partial charge in [0, 0.05) is 0 Å². The van der Waals surface area contributed by atoms with Gasteiger partial charge in [0.1, 0.15) is 11.2 Å². The minimum Gasteiger partial charge on any atom is -0.226 e. The third kappa shape index (κ3) is 4.31. The van der Waals surface area contributed by atoms with Gasteiger partial charge in [-0.1, -0.05) is 12.2 Å². The lowest BCUT2D eigenvalue weighted by atomic mass is 10.1. The fourth-order valence-corrected chi connectivity index (χ4v) is 0.283. The molecule has 0 heterocycles. The van der Waals surface area contributed by atoms with Crippen molar-refractivity contribution in [3.05, 3.63) is 25.3 Å². The fourth-order valence-electron chi connectivity index (χ4n) is 0.283. The molecule has 0 N–H and O–H groups in total. The first-order valence-corrected chi connectivity index (χ1v) is 3.97. The van der Waals surface area contributed by atoms with Crippen LogP contribution < -0.4 is 0 Å². The van der Waals surface area contributed by atoms with Crippen molar-refractivity contribution in [2.45, 2.75) is 38.9 Å². The molecule has 0 spiro atoms. The van der Waals surface area contributed by atoms with Gasteiger partial charge in [-0.2, -0.15) is 0 Å². The highest BCUT2D eigenvalue weighted by Crippen LogP contribution is 2.17. The van der Waals surface area contributed by atoms with Crippen LogP contribution in [0.5, 0.6) is 0 Å². The molecule has 2 nitrogen and oxygen atoms in total. The lowest BCUT2D eigenvalue weighted by Gasteiger charge is -2.26. The molecule has 0 aromatic rings. The zero-order chi connectivity index (χ0) is 9.83. The Morgan fingerprint density at radius 3 is 1.25 bits per heavy atom. The second kappa shape index (κ2) is 3.87. The average molecular weight is 170 g/mol. The summed E-state index contributed by atoms with van der Waals surface area (Å²) >= 11 is 0. The van der Waals surface area contributed by atoms with Gasteiger partial charge in [0.15, 0.2) is 0 Å². The quantitative estimate of drug-likeness (QED) is 0.359. The van der Waals surface area contributed by atoms with E-state index in [2.05, 4.69) is 13.2 Å². The Kier molecular flexibility index (Phi) is 3.68. The van der Waals surface area contributed by atoms with E-state index in [-0.39, 0.29) is 0 Å². The van der Waals surface area contributed by atoms with Gasteiger partial charge in [-0.3, -0.25) is 0 Å². The zero-order valence-corrected chi connectivity index (χ0v) is 8.39. The first-order valence-electron chi connectivity index (χ1n) is 3.97. The second-order valence-corrected chi connectivity index (χ2v) is 3.78. The largest absolute Gasteiger partial charge is 0.226 e. The molecule has 0 atom stereocenters. The van der Waals surface area contributed by atoms with Crippen LogP contribution in [0, 0.1) is 0 Å². The predicted octanol–water partition coefficient (Wildman–Crippen LogP) is 2.86. The Morgan fingerprint density at radius 1 is 0.833 bits per heavy atom. The van der Waals surface area contributed by atoms with Gasteiger partial charge in [0.05, 0.1) is 0 Å². The third-order valence-electron chi connectivity index (χ3n) is 1.45. The van der Waals surface area contributed by atoms with E-state index in [4.69, 9.17) is 9.78 Å². The van der Waals surface area contributed by atoms with Gasteiger partial charge in [-0.25, -0.2) is 9.78 Å². The normalized spacial score (nSPS) is 12.7. The molecule has 0 aliphatic carbocycles. The van der Waals surface area contributed by atoms with Crippen molar-refractivity contribution in [2.75, 3.05) is 0 Å². The topological polar surface area (TPSA) is 18.5 Å². The Hall–Kier alpha value is -0.600. The summed E-state index contributed by atoms with van der Waals surface area (Å²) in [6.45, 7) is 14.8. The molecule has 0 aromatic carbocycles. The predicted molar refractivity (Wildman–Crippen MR) is 50.7 cm³/mol. The summed E-state index contributed by atoms with van der Waals surface area (Å²) in [5.41, 5.74) is -0.916. The molecule has 0 saturated heterocycles. The van der Waals surface area contributed by atoms with E-state index in [9.17, 15) is 0 Å². The van der Waals surface area contributed by atoms with E-state index in [0.29, 0.717) is 0 Å². The number of hydrogen-bond acceptors (Lipinski definition) is 2. The summed E-state index contributed by atoms with van der Waals surface area (Å²) in [6, 6.07) is 0. The van der Waals surface area contributed by atoms with Gasteiger partial charge in [0.25, 0.3) is 0 Å². The molecule has 0 aliphatic heterocycles. The summed E-state index contributed by atoms with van der Waals surface area (Å²) in [4.78, 5) is 10.3. The summed E-state index contributed by atoms with van der Waals surface area (Å²) in [5, 5.41) is 0. The lowest BCUT2D eigenvalue weighted by Crippen LogP contribution is -2.29. The van der Waals surface area contributed by atoms with E-state index < -0.39 is 11.2 Å². The van der Waals surface area contributed by atoms with Crippen molar-refractivity contribution in [2.24, 2.45) is 0 Å². The highest BCUT2D eigenvalue weighted by atomic mass is 17.2. The Morgan fingerprint density at radius 2 is 1.08 bits per heavy atom. The summed E-state index contributed by atoms with van der Waals surface area (Å²) in [6.07, 6.45) is 3.37. The summed E-state index contributed by atoms with van der Waals surface area (Å²) < 4.78 is 0. The average Bonchev–Trinajstić information content (AvgIpc) is 2.02. The van der Waals surface area contributed by atoms with E-state index in [1.54, 1.807) is 12.2 Å². The maximum atomic E-state index is 5.14. The van der Waals surface area contributed by atoms with Crippen LogP contribution in [0.2, 0.25) is 0 Å². The molecular formula is C10H18O2. The molecule has 0 aromatic heterocycles. The highest BCUT2D eigenvalue weighted by molar-refractivity contribution is 4.91. The highest BCUT2D eigenvalue weighted by Gasteiger charge is 2.21. The molecule has 0 bridgehead atoms. The molecule has 0 aliphatic rings. The van der Waals surface area contributed by atoms with Crippen molar-refractivity contribution in [1.29, 1.82) is 0 Å². The van der Waals surface area contributed by atoms with Crippen LogP contribution in [0.25, 0.3) is 0 Å². The first kappa shape index (κ1) is 11.4. The molecular weight excluding hydrogens is 152 g/mol. The van der Waals surface area contributed by atoms with Crippen molar-refractivity contribution in [1.82, 2.24) is 0 Å². The van der Waals surface area contributed by atoms with Gasteiger partial charge < -0.3 is 0 Å². The Labute approximate surface area is 74.8 Å². The second-order valence-electron chi connectivity index (χ2n) is 3.78. The molecule has 0 unspecified atom stereocenters. The standard InChI is InChI=1S/C10H18O2/c1-7-9(3,4)11-12-10(5,6)8-2/h7-8H,1-2H2,3-6H3. The molecule has 0 amide bonds. The summed E-state index contributed by atoms with van der Waals surface area (Å²) in [5.74, 6) is 0. The molecule has 0 saturated carbocycles. The molecule has 2 heteroatoms. The van der Waals surface area contributed by atoms with Crippen LogP contribution in [0.3, 0.4) is 0 Å². The van der Waals surface area contributed by atoms with E-state index in [1.165, 1.54) is 0 Å². The van der Waals surface area contributed by atoms with Crippen LogP contribution in [0.4, 0.5) is 0 Å². The third-order valence-corrected chi connectivity index (χ3v) is 1.45. The van der Waals surface area contributed by atoms with Crippen LogP contribution in [0.15, 0.2) is 25.3 Å². The van der Waals surface area contributed by atoms with Crippen LogP contribution in [-0.2, 0) is 9.78 Å². The Bertz CT molecular complexity index is 149. The van der Waals surface area contributed by atoms with Crippen molar-refractivity contribution < 1.29 is 9.78 Å². The molecule has 12 heavy (non-hydrogen) atoms. The molecule has 0 radical (unpaired) electrons. The minimum absolute atomic E-state index is 0.458. The summed E-state index contributed by atoms with van der Waals surface area (Å²) in [7, 11) is 0. The van der Waals surface area contributed by atoms with Crippen LogP contribution in [0.1, 0.15) is 27.7 Å². The lowest BCUT2D eigenvalue weighted by molar-refractivity contribution is -0.379. The van der Waals surface area contributed by atoms with Gasteiger partial charge in [-0.15, -0.1) is 13.2 Å². The number of rotatable bonds is 5. The monoisotopic (exact) mass is 170 g/mol. The fraction of sp³-hybridized carbons (Fsp3) is 0.600. The van der Waals surface area contributed by atoms with E-state index in [0.717, 1.165) is 0 Å². The smallest absolute Gasteiger partial charge is 0.116 e. The van der Waals surface area contributed by atoms with Crippen LogP contribution >= 0.6 is 0 Å². The van der Waals surface area contributed by atoms with Gasteiger partial charge >= 0.3 is 0 Å². The molecule has 0 rings (SSSR count). The zero-order valence-electron chi connectivity index (χ0n) is 8.39. The molecule has 70 valence electrons. The SMILES string of the molecule is C=CC(C)(C)OOC(C)(C)C=C. The van der Waals surface area contributed by atoms with Crippen molar-refractivity contribution in [3.63, 3.8) is 0 Å². The van der Waals surface area contributed by atoms with Crippen LogP contribution in [-0.4, -0.2) is 11.2 Å². The van der Waals surface area contributed by atoms with E-state index >= 15 is 0 Å². The first-order chi connectivity index (χ1) is 5.33. The maximum absolute atomic E-state index is 5.14.